The van der Waals surface area contributed by atoms with Crippen LogP contribution in [-0.4, -0.2) is 24.6 Å². The predicted molar refractivity (Wildman–Crippen MR) is 76.9 cm³/mol. The zero-order chi connectivity index (χ0) is 15.2. The maximum Gasteiger partial charge on any atom is 0.348 e. The van der Waals surface area contributed by atoms with E-state index >= 15 is 0 Å². The summed E-state index contributed by atoms with van der Waals surface area (Å²) in [5.41, 5.74) is 0.574. The smallest absolute Gasteiger partial charge is 0.348 e. The summed E-state index contributed by atoms with van der Waals surface area (Å²) in [5, 5.41) is 0.659. The van der Waals surface area contributed by atoms with Crippen LogP contribution in [0.15, 0.2) is 24.3 Å². The lowest BCUT2D eigenvalue weighted by atomic mass is 9.90. The van der Waals surface area contributed by atoms with Crippen molar-refractivity contribution in [3.8, 4) is 0 Å². The second-order valence-electron chi connectivity index (χ2n) is 6.42. The van der Waals surface area contributed by atoms with Gasteiger partial charge in [0.2, 0.25) is 6.10 Å². The lowest BCUT2D eigenvalue weighted by Gasteiger charge is -2.21. The van der Waals surface area contributed by atoms with Gasteiger partial charge in [-0.15, -0.1) is 0 Å². The summed E-state index contributed by atoms with van der Waals surface area (Å²) in [4.78, 5) is 23.8. The van der Waals surface area contributed by atoms with Crippen LogP contribution in [0.5, 0.6) is 0 Å². The highest BCUT2D eigenvalue weighted by molar-refractivity contribution is 6.30. The second-order valence-corrected chi connectivity index (χ2v) is 6.85. The lowest BCUT2D eigenvalue weighted by Crippen LogP contribution is -2.35. The number of rotatable bonds is 3. The third-order valence-electron chi connectivity index (χ3n) is 4.11. The Bertz CT molecular complexity index is 596. The molecule has 0 N–H and O–H groups in total. The highest BCUT2D eigenvalue weighted by Crippen LogP contribution is 2.49. The van der Waals surface area contributed by atoms with Crippen molar-refractivity contribution < 1.29 is 19.1 Å². The van der Waals surface area contributed by atoms with Crippen LogP contribution in [0.3, 0.4) is 0 Å². The number of hydrogen-bond donors (Lipinski definition) is 0. The number of carbonyl (C=O) groups excluding carboxylic acids is 2. The van der Waals surface area contributed by atoms with Gasteiger partial charge in [0.15, 0.2) is 0 Å². The first-order valence-electron chi connectivity index (χ1n) is 7.01. The number of benzene rings is 1. The molecule has 2 fully saturated rings. The average molecular weight is 309 g/mol. The molecule has 0 bridgehead atoms. The Balaban J connectivity index is 1.64. The number of hydrogen-bond acceptors (Lipinski definition) is 4. The first kappa shape index (κ1) is 14.4. The van der Waals surface area contributed by atoms with Crippen molar-refractivity contribution in [2.75, 3.05) is 6.61 Å². The molecule has 0 radical (unpaired) electrons. The van der Waals surface area contributed by atoms with Crippen LogP contribution in [0.1, 0.15) is 31.7 Å². The molecule has 3 rings (SSSR count). The molecule has 0 amide bonds. The van der Waals surface area contributed by atoms with E-state index < -0.39 is 17.5 Å². The largest absolute Gasteiger partial charge is 0.462 e. The highest BCUT2D eigenvalue weighted by atomic mass is 35.5. The minimum atomic E-state index is -0.800. The molecule has 112 valence electrons. The summed E-state index contributed by atoms with van der Waals surface area (Å²) in [6, 6.07) is 7.50. The first-order valence-corrected chi connectivity index (χ1v) is 7.39. The molecular weight excluding hydrogens is 292 g/mol. The Morgan fingerprint density at radius 1 is 1.43 bits per heavy atom. The van der Waals surface area contributed by atoms with E-state index in [2.05, 4.69) is 0 Å². The topological polar surface area (TPSA) is 52.6 Å². The summed E-state index contributed by atoms with van der Waals surface area (Å²) in [5.74, 6) is -0.824. The number of halogens is 1. The lowest BCUT2D eigenvalue weighted by molar-refractivity contribution is -0.164. The van der Waals surface area contributed by atoms with Crippen LogP contribution < -0.4 is 0 Å². The zero-order valence-electron chi connectivity index (χ0n) is 12.0. The van der Waals surface area contributed by atoms with E-state index in [0.29, 0.717) is 5.02 Å². The van der Waals surface area contributed by atoms with Gasteiger partial charge in [-0.2, -0.15) is 0 Å². The molecule has 1 saturated carbocycles. The molecule has 1 saturated heterocycles. The third-order valence-corrected chi connectivity index (χ3v) is 4.35. The number of ether oxygens (including phenoxy) is 2. The molecule has 21 heavy (non-hydrogen) atoms. The molecule has 1 aromatic carbocycles. The van der Waals surface area contributed by atoms with Gasteiger partial charge in [-0.1, -0.05) is 37.6 Å². The highest BCUT2D eigenvalue weighted by Gasteiger charge is 2.51. The van der Waals surface area contributed by atoms with Crippen molar-refractivity contribution >= 4 is 23.5 Å². The average Bonchev–Trinajstić information content (AvgIpc) is 3.18. The normalized spacial score (nSPS) is 29.9. The summed E-state index contributed by atoms with van der Waals surface area (Å²) in [6.07, 6.45) is -0.0629. The van der Waals surface area contributed by atoms with E-state index in [9.17, 15) is 9.59 Å². The molecule has 2 aliphatic rings. The van der Waals surface area contributed by atoms with Crippen molar-refractivity contribution in [1.29, 1.82) is 0 Å². The Hall–Kier alpha value is -1.55. The van der Waals surface area contributed by atoms with E-state index in [-0.39, 0.29) is 24.4 Å². The number of carbonyl (C=O) groups is 2. The van der Waals surface area contributed by atoms with Crippen LogP contribution >= 0.6 is 11.6 Å². The van der Waals surface area contributed by atoms with Gasteiger partial charge < -0.3 is 9.47 Å². The van der Waals surface area contributed by atoms with Gasteiger partial charge in [-0.05, 0) is 30.0 Å². The van der Waals surface area contributed by atoms with Crippen LogP contribution in [0.25, 0.3) is 0 Å². The van der Waals surface area contributed by atoms with Gasteiger partial charge in [0.25, 0.3) is 0 Å². The van der Waals surface area contributed by atoms with Gasteiger partial charge in [-0.25, -0.2) is 4.79 Å². The summed E-state index contributed by atoms with van der Waals surface area (Å²) >= 11 is 5.96. The van der Waals surface area contributed by atoms with Gasteiger partial charge >= 0.3 is 11.9 Å². The van der Waals surface area contributed by atoms with Crippen molar-refractivity contribution in [1.82, 2.24) is 0 Å². The maximum atomic E-state index is 12.2. The molecule has 3 atom stereocenters. The zero-order valence-corrected chi connectivity index (χ0v) is 12.7. The van der Waals surface area contributed by atoms with Gasteiger partial charge in [-0.3, -0.25) is 4.79 Å². The van der Waals surface area contributed by atoms with E-state index in [1.807, 2.05) is 32.0 Å². The van der Waals surface area contributed by atoms with E-state index in [4.69, 9.17) is 21.1 Å². The predicted octanol–water partition coefficient (Wildman–Crippen LogP) is 2.94. The molecule has 0 aromatic heterocycles. The summed E-state index contributed by atoms with van der Waals surface area (Å²) in [6.45, 7) is 4.00. The van der Waals surface area contributed by atoms with Crippen LogP contribution in [0.2, 0.25) is 5.02 Å². The minimum absolute atomic E-state index is 0.136. The fraction of sp³-hybridized carbons (Fsp3) is 0.500. The van der Waals surface area contributed by atoms with Crippen molar-refractivity contribution in [3.63, 3.8) is 0 Å². The Morgan fingerprint density at radius 2 is 2.19 bits per heavy atom. The quantitative estimate of drug-likeness (QED) is 0.806. The van der Waals surface area contributed by atoms with Gasteiger partial charge in [0.05, 0.1) is 5.92 Å². The van der Waals surface area contributed by atoms with E-state index in [1.54, 1.807) is 6.07 Å². The minimum Gasteiger partial charge on any atom is -0.462 e. The van der Waals surface area contributed by atoms with E-state index in [1.165, 1.54) is 0 Å². The van der Waals surface area contributed by atoms with Gasteiger partial charge in [0, 0.05) is 10.4 Å². The number of esters is 2. The van der Waals surface area contributed by atoms with Crippen LogP contribution in [0.4, 0.5) is 0 Å². The Labute approximate surface area is 128 Å². The maximum absolute atomic E-state index is 12.2. The number of cyclic esters (lactones) is 1. The molecule has 4 nitrogen and oxygen atoms in total. The standard InChI is InChI=1S/C16H17ClO4/c1-16(2)8-20-15(19)13(16)21-14(18)12-7-11(12)9-4-3-5-10(17)6-9/h3-6,11-13H,7-8H2,1-2H3/t11?,12?,13-/m0/s1. The summed E-state index contributed by atoms with van der Waals surface area (Å²) < 4.78 is 10.4. The fourth-order valence-electron chi connectivity index (χ4n) is 2.70. The van der Waals surface area contributed by atoms with Crippen LogP contribution in [-0.2, 0) is 19.1 Å². The fourth-order valence-corrected chi connectivity index (χ4v) is 2.90. The molecule has 1 aromatic rings. The van der Waals surface area contributed by atoms with Gasteiger partial charge in [0.1, 0.15) is 6.61 Å². The van der Waals surface area contributed by atoms with Crippen LogP contribution in [0, 0.1) is 11.3 Å². The van der Waals surface area contributed by atoms with E-state index in [0.717, 1.165) is 12.0 Å². The molecule has 2 unspecified atom stereocenters. The SMILES string of the molecule is CC1(C)COC(=O)[C@@H]1OC(=O)C1CC1c1cccc(Cl)c1. The van der Waals surface area contributed by atoms with Crippen molar-refractivity contribution in [2.24, 2.45) is 11.3 Å². The molecule has 1 heterocycles. The summed E-state index contributed by atoms with van der Waals surface area (Å²) in [7, 11) is 0. The van der Waals surface area contributed by atoms with Crippen molar-refractivity contribution in [3.05, 3.63) is 34.9 Å². The molecular formula is C16H17ClO4. The Morgan fingerprint density at radius 3 is 2.81 bits per heavy atom. The third kappa shape index (κ3) is 2.77. The molecule has 1 aliphatic carbocycles. The molecule has 5 heteroatoms. The molecule has 0 spiro atoms. The monoisotopic (exact) mass is 308 g/mol. The Kier molecular flexibility index (Phi) is 3.44. The first-order chi connectivity index (χ1) is 9.88. The molecule has 1 aliphatic heterocycles. The van der Waals surface area contributed by atoms with Crippen molar-refractivity contribution in [2.45, 2.75) is 32.3 Å². The second kappa shape index (κ2) is 5.02.